The van der Waals surface area contributed by atoms with Crippen molar-refractivity contribution in [3.8, 4) is 0 Å². The van der Waals surface area contributed by atoms with E-state index in [0.717, 1.165) is 17.4 Å². The molecule has 0 bridgehead atoms. The molecule has 0 fully saturated rings. The highest BCUT2D eigenvalue weighted by molar-refractivity contribution is 6.22. The van der Waals surface area contributed by atoms with Crippen LogP contribution >= 0.6 is 11.6 Å². The zero-order valence-corrected chi connectivity index (χ0v) is 11.3. The quantitative estimate of drug-likeness (QED) is 0.599. The van der Waals surface area contributed by atoms with Gasteiger partial charge in [-0.3, -0.25) is 4.79 Å². The van der Waals surface area contributed by atoms with Crippen LogP contribution in [0.4, 0.5) is 45.2 Å². The van der Waals surface area contributed by atoms with E-state index >= 15 is 0 Å². The Hall–Kier alpha value is -1.65. The molecule has 0 heterocycles. The maximum Gasteiger partial charge on any atom is 0.418 e. The third-order valence-electron chi connectivity index (χ3n) is 2.52. The van der Waals surface area contributed by atoms with Gasteiger partial charge in [0.1, 0.15) is 0 Å². The van der Waals surface area contributed by atoms with Gasteiger partial charge in [0.2, 0.25) is 0 Å². The largest absolute Gasteiger partial charge is 0.418 e. The number of halogens is 10. The fourth-order valence-electron chi connectivity index (χ4n) is 1.36. The van der Waals surface area contributed by atoms with Crippen LogP contribution < -0.4 is 5.32 Å². The average Bonchev–Trinajstić information content (AvgIpc) is 2.36. The zero-order valence-electron chi connectivity index (χ0n) is 10.5. The van der Waals surface area contributed by atoms with Crippen LogP contribution in [0.1, 0.15) is 5.56 Å². The fraction of sp³-hybridized carbons (Fsp3) is 0.364. The molecule has 0 unspecified atom stereocenters. The van der Waals surface area contributed by atoms with Crippen molar-refractivity contribution < 1.29 is 44.3 Å². The summed E-state index contributed by atoms with van der Waals surface area (Å²) in [5, 5.41) is -4.95. The summed E-state index contributed by atoms with van der Waals surface area (Å²) >= 11 is 3.84. The number of carbonyl (C=O) groups is 1. The van der Waals surface area contributed by atoms with Crippen molar-refractivity contribution in [2.75, 3.05) is 5.32 Å². The molecule has 0 aliphatic carbocycles. The molecule has 1 aromatic rings. The maximum absolute atomic E-state index is 13.2. The molecule has 0 radical (unpaired) electrons. The molecular formula is C11H5ClF9NO. The van der Waals surface area contributed by atoms with Gasteiger partial charge in [0, 0.05) is 0 Å². The van der Waals surface area contributed by atoms with Gasteiger partial charge in [-0.05, 0) is 23.7 Å². The molecule has 1 N–H and O–H groups in total. The zero-order chi connectivity index (χ0) is 18.3. The standard InChI is InChI=1S/C11H5ClF9NO/c12-11(20,21)10(18,19)8(13,14)7(23)22-6-4-2-1-3-5(6)9(15,16)17/h1-4H,(H,22,23). The van der Waals surface area contributed by atoms with Gasteiger partial charge in [0.25, 0.3) is 0 Å². The lowest BCUT2D eigenvalue weighted by Crippen LogP contribution is -2.57. The Kier molecular flexibility index (Phi) is 4.86. The van der Waals surface area contributed by atoms with Crippen LogP contribution in [0.25, 0.3) is 0 Å². The molecule has 2 nitrogen and oxygen atoms in total. The molecule has 0 aromatic heterocycles. The van der Waals surface area contributed by atoms with Crippen LogP contribution in [0.2, 0.25) is 0 Å². The number of hydrogen-bond donors (Lipinski definition) is 1. The predicted octanol–water partition coefficient (Wildman–Crippen LogP) is 4.75. The van der Waals surface area contributed by atoms with E-state index in [4.69, 9.17) is 0 Å². The second-order valence-electron chi connectivity index (χ2n) is 4.14. The highest BCUT2D eigenvalue weighted by Crippen LogP contribution is 2.48. The van der Waals surface area contributed by atoms with E-state index in [1.54, 1.807) is 0 Å². The molecular weight excluding hydrogens is 369 g/mol. The summed E-state index contributed by atoms with van der Waals surface area (Å²) in [6.07, 6.45) is -5.11. The number of benzene rings is 1. The average molecular weight is 374 g/mol. The predicted molar refractivity (Wildman–Crippen MR) is 60.8 cm³/mol. The van der Waals surface area contributed by atoms with E-state index in [1.165, 1.54) is 0 Å². The SMILES string of the molecule is O=C(Nc1ccccc1C(F)(F)F)C(F)(F)C(F)(F)C(F)(F)Cl. The number of alkyl halides is 10. The van der Waals surface area contributed by atoms with Crippen LogP contribution in [-0.2, 0) is 11.0 Å². The van der Waals surface area contributed by atoms with Crippen LogP contribution in [0, 0.1) is 0 Å². The number of anilines is 1. The lowest BCUT2D eigenvalue weighted by molar-refractivity contribution is -0.266. The van der Waals surface area contributed by atoms with Crippen molar-refractivity contribution in [1.82, 2.24) is 0 Å². The maximum atomic E-state index is 13.2. The molecule has 1 amide bonds. The van der Waals surface area contributed by atoms with Crippen molar-refractivity contribution in [3.05, 3.63) is 29.8 Å². The highest BCUT2D eigenvalue weighted by atomic mass is 35.5. The highest BCUT2D eigenvalue weighted by Gasteiger charge is 2.74. The first kappa shape index (κ1) is 19.4. The molecule has 0 atom stereocenters. The smallest absolute Gasteiger partial charge is 0.320 e. The Morgan fingerprint density at radius 1 is 0.913 bits per heavy atom. The molecule has 1 rings (SSSR count). The Balaban J connectivity index is 3.19. The van der Waals surface area contributed by atoms with E-state index in [0.29, 0.717) is 12.1 Å². The molecule has 0 spiro atoms. The van der Waals surface area contributed by atoms with Crippen molar-refractivity contribution >= 4 is 23.2 Å². The van der Waals surface area contributed by atoms with Gasteiger partial charge >= 0.3 is 29.3 Å². The summed E-state index contributed by atoms with van der Waals surface area (Å²) in [6.45, 7) is 0. The van der Waals surface area contributed by atoms with Crippen molar-refractivity contribution in [2.24, 2.45) is 0 Å². The molecule has 0 saturated heterocycles. The van der Waals surface area contributed by atoms with E-state index in [-0.39, 0.29) is 0 Å². The Bertz CT molecular complexity index is 594. The Labute approximate surface area is 127 Å². The van der Waals surface area contributed by atoms with Gasteiger partial charge in [0.05, 0.1) is 11.3 Å². The number of para-hydroxylation sites is 1. The van der Waals surface area contributed by atoms with Crippen LogP contribution in [-0.4, -0.2) is 23.1 Å². The lowest BCUT2D eigenvalue weighted by atomic mass is 10.1. The molecule has 0 aliphatic rings. The van der Waals surface area contributed by atoms with Gasteiger partial charge in [-0.1, -0.05) is 12.1 Å². The first-order valence-electron chi connectivity index (χ1n) is 5.42. The van der Waals surface area contributed by atoms with Gasteiger partial charge in [-0.15, -0.1) is 0 Å². The minimum Gasteiger partial charge on any atom is -0.320 e. The first-order valence-corrected chi connectivity index (χ1v) is 5.80. The normalized spacial score (nSPS) is 13.8. The monoisotopic (exact) mass is 373 g/mol. The number of carbonyl (C=O) groups excluding carboxylic acids is 1. The number of amides is 1. The summed E-state index contributed by atoms with van der Waals surface area (Å²) in [5.41, 5.74) is -2.94. The number of hydrogen-bond acceptors (Lipinski definition) is 1. The van der Waals surface area contributed by atoms with E-state index in [9.17, 15) is 44.3 Å². The molecule has 12 heteroatoms. The molecule has 1 aromatic carbocycles. The minimum absolute atomic E-state index is 0.363. The van der Waals surface area contributed by atoms with Crippen LogP contribution in [0.5, 0.6) is 0 Å². The number of rotatable bonds is 4. The van der Waals surface area contributed by atoms with Crippen molar-refractivity contribution in [3.63, 3.8) is 0 Å². The third-order valence-corrected chi connectivity index (χ3v) is 2.75. The lowest BCUT2D eigenvalue weighted by Gasteiger charge is -2.28. The van der Waals surface area contributed by atoms with Crippen LogP contribution in [0.15, 0.2) is 24.3 Å². The summed E-state index contributed by atoms with van der Waals surface area (Å²) in [7, 11) is 0. The second-order valence-corrected chi connectivity index (χ2v) is 4.62. The van der Waals surface area contributed by atoms with E-state index in [2.05, 4.69) is 11.6 Å². The Morgan fingerprint density at radius 2 is 1.39 bits per heavy atom. The van der Waals surface area contributed by atoms with Crippen molar-refractivity contribution in [1.29, 1.82) is 0 Å². The Morgan fingerprint density at radius 3 is 1.83 bits per heavy atom. The fourth-order valence-corrected chi connectivity index (χ4v) is 1.48. The van der Waals surface area contributed by atoms with Crippen molar-refractivity contribution in [2.45, 2.75) is 23.4 Å². The summed E-state index contributed by atoms with van der Waals surface area (Å²) in [4.78, 5) is 11.1. The van der Waals surface area contributed by atoms with Gasteiger partial charge in [0.15, 0.2) is 0 Å². The molecule has 0 aliphatic heterocycles. The van der Waals surface area contributed by atoms with Gasteiger partial charge in [-0.25, -0.2) is 0 Å². The summed E-state index contributed by atoms with van der Waals surface area (Å²) in [6, 6.07) is 2.55. The molecule has 0 saturated carbocycles. The summed E-state index contributed by atoms with van der Waals surface area (Å²) < 4.78 is 115. The molecule has 130 valence electrons. The topological polar surface area (TPSA) is 29.1 Å². The minimum atomic E-state index is -6.33. The first-order chi connectivity index (χ1) is 10.1. The van der Waals surface area contributed by atoms with Crippen LogP contribution in [0.3, 0.4) is 0 Å². The summed E-state index contributed by atoms with van der Waals surface area (Å²) in [5.74, 6) is -15.5. The second kappa shape index (κ2) is 5.77. The number of nitrogens with one attached hydrogen (secondary N) is 1. The van der Waals surface area contributed by atoms with E-state index < -0.39 is 40.6 Å². The van der Waals surface area contributed by atoms with Gasteiger partial charge in [-0.2, -0.15) is 39.5 Å². The third kappa shape index (κ3) is 3.65. The van der Waals surface area contributed by atoms with E-state index in [1.807, 2.05) is 0 Å². The molecule has 23 heavy (non-hydrogen) atoms. The van der Waals surface area contributed by atoms with Gasteiger partial charge < -0.3 is 5.32 Å².